The van der Waals surface area contributed by atoms with Crippen LogP contribution in [0.4, 0.5) is 0 Å². The highest BCUT2D eigenvalue weighted by atomic mass is 32.2. The van der Waals surface area contributed by atoms with Gasteiger partial charge in [-0.2, -0.15) is 4.31 Å². The fourth-order valence-corrected chi connectivity index (χ4v) is 4.86. The first kappa shape index (κ1) is 21.3. The molecule has 0 aromatic heterocycles. The Bertz CT molecular complexity index is 984. The summed E-state index contributed by atoms with van der Waals surface area (Å²) in [6, 6.07) is 12.6. The molecule has 1 heterocycles. The van der Waals surface area contributed by atoms with Crippen LogP contribution in [0.25, 0.3) is 0 Å². The van der Waals surface area contributed by atoms with Crippen molar-refractivity contribution in [1.29, 1.82) is 0 Å². The smallest absolute Gasteiger partial charge is 0.324 e. The number of hydrogen-bond donors (Lipinski definition) is 1. The second kappa shape index (κ2) is 8.14. The molecule has 8 heteroatoms. The largest absolute Gasteiger partial charge is 0.489 e. The summed E-state index contributed by atoms with van der Waals surface area (Å²) in [5.41, 5.74) is 1.39. The van der Waals surface area contributed by atoms with Gasteiger partial charge in [-0.1, -0.05) is 24.3 Å². The number of morpholine rings is 1. The number of hydrogen-bond acceptors (Lipinski definition) is 5. The molecule has 0 radical (unpaired) electrons. The number of carbonyl (C=O) groups is 1. The van der Waals surface area contributed by atoms with Gasteiger partial charge in [-0.05, 0) is 56.2 Å². The van der Waals surface area contributed by atoms with E-state index in [1.165, 1.54) is 12.1 Å². The number of ether oxygens (including phenoxy) is 2. The number of aliphatic carboxylic acids is 1. The second-order valence-corrected chi connectivity index (χ2v) is 9.55. The molecular formula is C21H25NO6S. The molecule has 1 N–H and O–H groups in total. The fraction of sp³-hybridized carbons (Fsp3) is 0.381. The first-order valence-corrected chi connectivity index (χ1v) is 10.7. The topological polar surface area (TPSA) is 93.1 Å². The molecule has 0 saturated carbocycles. The molecule has 29 heavy (non-hydrogen) atoms. The Balaban J connectivity index is 1.78. The number of sulfonamides is 1. The van der Waals surface area contributed by atoms with Crippen molar-refractivity contribution in [3.8, 4) is 5.75 Å². The molecule has 0 spiro atoms. The lowest BCUT2D eigenvalue weighted by Crippen LogP contribution is -2.58. The van der Waals surface area contributed by atoms with Crippen LogP contribution < -0.4 is 4.74 Å². The normalized spacial score (nSPS) is 19.6. The molecule has 3 rings (SSSR count). The highest BCUT2D eigenvalue weighted by molar-refractivity contribution is 7.89. The minimum absolute atomic E-state index is 0.0182. The Hall–Kier alpha value is -2.42. The zero-order valence-corrected chi connectivity index (χ0v) is 17.5. The van der Waals surface area contributed by atoms with Crippen molar-refractivity contribution in [2.24, 2.45) is 0 Å². The Kier molecular flexibility index (Phi) is 5.97. The molecule has 1 saturated heterocycles. The van der Waals surface area contributed by atoms with Crippen LogP contribution in [0, 0.1) is 6.92 Å². The Morgan fingerprint density at radius 2 is 1.86 bits per heavy atom. The van der Waals surface area contributed by atoms with E-state index >= 15 is 0 Å². The molecule has 1 fully saturated rings. The molecule has 0 amide bonds. The summed E-state index contributed by atoms with van der Waals surface area (Å²) in [6.45, 7) is 5.60. The lowest BCUT2D eigenvalue weighted by atomic mass is 10.1. The molecule has 156 valence electrons. The van der Waals surface area contributed by atoms with Crippen molar-refractivity contribution >= 4 is 16.0 Å². The number of benzene rings is 2. The molecule has 1 atom stereocenters. The third-order valence-corrected chi connectivity index (χ3v) is 6.76. The zero-order chi connectivity index (χ0) is 21.2. The van der Waals surface area contributed by atoms with E-state index in [1.54, 1.807) is 26.0 Å². The highest BCUT2D eigenvalue weighted by Gasteiger charge is 2.44. The van der Waals surface area contributed by atoms with Crippen molar-refractivity contribution in [1.82, 2.24) is 4.31 Å². The van der Waals surface area contributed by atoms with Gasteiger partial charge < -0.3 is 14.6 Å². The lowest BCUT2D eigenvalue weighted by Gasteiger charge is -2.40. The summed E-state index contributed by atoms with van der Waals surface area (Å²) < 4.78 is 38.4. The van der Waals surface area contributed by atoms with Crippen LogP contribution in [0.3, 0.4) is 0 Å². The minimum atomic E-state index is -4.00. The molecule has 2 aromatic carbocycles. The molecule has 1 aliphatic rings. The molecular weight excluding hydrogens is 394 g/mol. The van der Waals surface area contributed by atoms with E-state index in [4.69, 9.17) is 9.47 Å². The monoisotopic (exact) mass is 419 g/mol. The Morgan fingerprint density at radius 1 is 1.21 bits per heavy atom. The van der Waals surface area contributed by atoms with Gasteiger partial charge in [0.05, 0.1) is 17.1 Å². The summed E-state index contributed by atoms with van der Waals surface area (Å²) in [6.07, 6.45) is 0. The van der Waals surface area contributed by atoms with E-state index in [1.807, 2.05) is 31.2 Å². The van der Waals surface area contributed by atoms with Gasteiger partial charge >= 0.3 is 5.97 Å². The van der Waals surface area contributed by atoms with Crippen LogP contribution >= 0.6 is 0 Å². The fourth-order valence-electron chi connectivity index (χ4n) is 3.14. The molecule has 7 nitrogen and oxygen atoms in total. The van der Waals surface area contributed by atoms with Crippen LogP contribution in [0.15, 0.2) is 53.4 Å². The summed E-state index contributed by atoms with van der Waals surface area (Å²) in [7, 11) is -4.00. The zero-order valence-electron chi connectivity index (χ0n) is 16.7. The van der Waals surface area contributed by atoms with Gasteiger partial charge in [-0.3, -0.25) is 4.79 Å². The summed E-state index contributed by atoms with van der Waals surface area (Å²) in [5, 5.41) is 9.43. The first-order chi connectivity index (χ1) is 13.6. The summed E-state index contributed by atoms with van der Waals surface area (Å²) in [4.78, 5) is 11.6. The van der Waals surface area contributed by atoms with E-state index in [9.17, 15) is 18.3 Å². The van der Waals surface area contributed by atoms with Gasteiger partial charge in [0.15, 0.2) is 0 Å². The number of aryl methyl sites for hydroxylation is 1. The molecule has 0 unspecified atom stereocenters. The predicted molar refractivity (Wildman–Crippen MR) is 107 cm³/mol. The quantitative estimate of drug-likeness (QED) is 0.774. The average Bonchev–Trinajstić information content (AvgIpc) is 2.66. The number of carboxylic acid groups (broad SMARTS) is 1. The van der Waals surface area contributed by atoms with Gasteiger partial charge in [-0.15, -0.1) is 0 Å². The second-order valence-electron chi connectivity index (χ2n) is 7.66. The summed E-state index contributed by atoms with van der Waals surface area (Å²) >= 11 is 0. The van der Waals surface area contributed by atoms with E-state index in [0.29, 0.717) is 12.4 Å². The Morgan fingerprint density at radius 3 is 2.48 bits per heavy atom. The lowest BCUT2D eigenvalue weighted by molar-refractivity contribution is -0.154. The van der Waals surface area contributed by atoms with Crippen molar-refractivity contribution in [3.05, 3.63) is 59.7 Å². The number of nitrogens with zero attached hydrogens (tertiary/aromatic N) is 1. The molecule has 1 aliphatic heterocycles. The van der Waals surface area contributed by atoms with Crippen LogP contribution in [0.5, 0.6) is 5.75 Å². The van der Waals surface area contributed by atoms with Gasteiger partial charge in [0.25, 0.3) is 0 Å². The van der Waals surface area contributed by atoms with Crippen molar-refractivity contribution in [3.63, 3.8) is 0 Å². The maximum absolute atomic E-state index is 13.1. The first-order valence-electron chi connectivity index (χ1n) is 9.26. The summed E-state index contributed by atoms with van der Waals surface area (Å²) in [5.74, 6) is -0.702. The van der Waals surface area contributed by atoms with Crippen molar-refractivity contribution < 1.29 is 27.8 Å². The maximum Gasteiger partial charge on any atom is 0.324 e. The predicted octanol–water partition coefficient (Wildman–Crippen LogP) is 2.83. The molecule has 0 aliphatic carbocycles. The van der Waals surface area contributed by atoms with Gasteiger partial charge in [-0.25, -0.2) is 8.42 Å². The van der Waals surface area contributed by atoms with Gasteiger partial charge in [0.2, 0.25) is 10.0 Å². The number of rotatable bonds is 6. The Labute approximate surface area is 170 Å². The van der Waals surface area contributed by atoms with Crippen LogP contribution in [-0.4, -0.2) is 48.6 Å². The van der Waals surface area contributed by atoms with E-state index in [2.05, 4.69) is 0 Å². The third kappa shape index (κ3) is 4.77. The van der Waals surface area contributed by atoms with Crippen molar-refractivity contribution in [2.75, 3.05) is 13.2 Å². The van der Waals surface area contributed by atoms with Crippen LogP contribution in [0.1, 0.15) is 25.0 Å². The number of carboxylic acids is 1. The highest BCUT2D eigenvalue weighted by Crippen LogP contribution is 2.28. The SMILES string of the molecule is Cc1ccccc1COc1ccc(S(=O)(=O)N2CC(C)(C)OC[C@@H]2C(=O)O)cc1. The molecule has 0 bridgehead atoms. The van der Waals surface area contributed by atoms with Gasteiger partial charge in [0.1, 0.15) is 18.4 Å². The van der Waals surface area contributed by atoms with Gasteiger partial charge in [0, 0.05) is 6.54 Å². The minimum Gasteiger partial charge on any atom is -0.489 e. The van der Waals surface area contributed by atoms with Crippen molar-refractivity contribution in [2.45, 2.75) is 43.9 Å². The maximum atomic E-state index is 13.1. The van der Waals surface area contributed by atoms with E-state index in [-0.39, 0.29) is 18.0 Å². The van der Waals surface area contributed by atoms with E-state index in [0.717, 1.165) is 15.4 Å². The third-order valence-electron chi connectivity index (χ3n) is 4.89. The van der Waals surface area contributed by atoms with E-state index < -0.39 is 27.6 Å². The average molecular weight is 419 g/mol. The molecule has 2 aromatic rings. The standard InChI is InChI=1S/C21H25NO6S/c1-15-6-4-5-7-16(15)12-27-17-8-10-18(11-9-17)29(25,26)22-14-21(2,3)28-13-19(22)20(23)24/h4-11,19H,12-14H2,1-3H3,(H,23,24)/t19-/m1/s1. The van der Waals surface area contributed by atoms with Crippen LogP contribution in [0.2, 0.25) is 0 Å². The van der Waals surface area contributed by atoms with Crippen LogP contribution in [-0.2, 0) is 26.2 Å².